The number of rotatable bonds is 6. The van der Waals surface area contributed by atoms with Crippen LogP contribution >= 0.6 is 0 Å². The predicted octanol–water partition coefficient (Wildman–Crippen LogP) is 2.16. The fraction of sp³-hybridized carbons (Fsp3) is 0.550. The molecule has 0 bridgehead atoms. The average molecular weight is 370 g/mol. The van der Waals surface area contributed by atoms with E-state index in [0.717, 1.165) is 24.2 Å². The summed E-state index contributed by atoms with van der Waals surface area (Å²) in [5.41, 5.74) is 1.90. The van der Waals surface area contributed by atoms with Gasteiger partial charge >= 0.3 is 0 Å². The summed E-state index contributed by atoms with van der Waals surface area (Å²) in [6.07, 6.45) is 8.16. The zero-order valence-electron chi connectivity index (χ0n) is 15.5. The van der Waals surface area contributed by atoms with E-state index in [9.17, 15) is 4.79 Å². The van der Waals surface area contributed by atoms with E-state index in [1.54, 1.807) is 12.4 Å². The third-order valence-corrected chi connectivity index (χ3v) is 5.25. The van der Waals surface area contributed by atoms with Gasteiger partial charge in [0.1, 0.15) is 6.61 Å². The molecule has 2 aromatic heterocycles. The summed E-state index contributed by atoms with van der Waals surface area (Å²) >= 11 is 0. The summed E-state index contributed by atoms with van der Waals surface area (Å²) in [6, 6.07) is 7.73. The number of pyridine rings is 1. The van der Waals surface area contributed by atoms with Crippen LogP contribution in [0.5, 0.6) is 0 Å². The number of carbonyl (C=O) groups excluding carboxylic acids is 1. The molecule has 1 aliphatic heterocycles. The first kappa shape index (κ1) is 18.1. The molecule has 3 heterocycles. The highest BCUT2D eigenvalue weighted by molar-refractivity contribution is 5.77. The molecule has 2 aromatic rings. The largest absolute Gasteiger partial charge is 0.368 e. The van der Waals surface area contributed by atoms with Gasteiger partial charge in [0.15, 0.2) is 0 Å². The molecule has 0 radical (unpaired) electrons. The van der Waals surface area contributed by atoms with Gasteiger partial charge in [0.25, 0.3) is 0 Å². The lowest BCUT2D eigenvalue weighted by molar-refractivity contribution is -0.140. The van der Waals surface area contributed by atoms with Crippen molar-refractivity contribution >= 4 is 5.91 Å². The third kappa shape index (κ3) is 4.73. The van der Waals surface area contributed by atoms with Crippen molar-refractivity contribution in [3.8, 4) is 0 Å². The summed E-state index contributed by atoms with van der Waals surface area (Å²) in [4.78, 5) is 18.9. The molecule has 1 unspecified atom stereocenters. The van der Waals surface area contributed by atoms with Crippen molar-refractivity contribution in [3.63, 3.8) is 0 Å². The quantitative estimate of drug-likeness (QED) is 0.779. The molecule has 0 saturated heterocycles. The molecular weight excluding hydrogens is 344 g/mol. The van der Waals surface area contributed by atoms with E-state index in [2.05, 4.69) is 10.1 Å². The molecule has 4 rings (SSSR count). The van der Waals surface area contributed by atoms with E-state index in [4.69, 9.17) is 9.47 Å². The fourth-order valence-electron chi connectivity index (χ4n) is 3.73. The summed E-state index contributed by atoms with van der Waals surface area (Å²) in [5.74, 6) is 0.0167. The normalized spacial score (nSPS) is 20.4. The highest BCUT2D eigenvalue weighted by Gasteiger charge is 2.27. The first-order valence-corrected chi connectivity index (χ1v) is 9.69. The Kier molecular flexibility index (Phi) is 5.79. The molecule has 1 aliphatic carbocycles. The van der Waals surface area contributed by atoms with Gasteiger partial charge in [0, 0.05) is 18.9 Å². The molecule has 0 spiro atoms. The van der Waals surface area contributed by atoms with E-state index in [-0.39, 0.29) is 24.7 Å². The molecule has 1 amide bonds. The van der Waals surface area contributed by atoms with Crippen molar-refractivity contribution in [2.45, 2.75) is 57.6 Å². The summed E-state index contributed by atoms with van der Waals surface area (Å²) in [7, 11) is 0. The van der Waals surface area contributed by atoms with Gasteiger partial charge in [-0.1, -0.05) is 18.9 Å². The first-order valence-electron chi connectivity index (χ1n) is 9.69. The number of fused-ring (bicyclic) bond motifs is 1. The van der Waals surface area contributed by atoms with Gasteiger partial charge in [0.05, 0.1) is 43.3 Å². The van der Waals surface area contributed by atoms with Gasteiger partial charge in [-0.3, -0.25) is 14.5 Å². The smallest absolute Gasteiger partial charge is 0.249 e. The minimum absolute atomic E-state index is 0.0167. The van der Waals surface area contributed by atoms with Crippen LogP contribution in [0.25, 0.3) is 0 Å². The molecule has 7 nitrogen and oxygen atoms in total. The maximum Gasteiger partial charge on any atom is 0.249 e. The molecule has 27 heavy (non-hydrogen) atoms. The van der Waals surface area contributed by atoms with Gasteiger partial charge in [0.2, 0.25) is 5.91 Å². The van der Waals surface area contributed by atoms with Crippen molar-refractivity contribution in [1.29, 1.82) is 0 Å². The van der Waals surface area contributed by atoms with Crippen LogP contribution in [0.1, 0.15) is 37.1 Å². The number of amides is 1. The Morgan fingerprint density at radius 2 is 1.96 bits per heavy atom. The Labute approximate surface area is 159 Å². The van der Waals surface area contributed by atoms with E-state index in [0.29, 0.717) is 26.2 Å². The van der Waals surface area contributed by atoms with Crippen LogP contribution in [0.3, 0.4) is 0 Å². The molecular formula is C20H26N4O3. The second-order valence-electron chi connectivity index (χ2n) is 7.25. The van der Waals surface area contributed by atoms with Crippen molar-refractivity contribution in [1.82, 2.24) is 19.7 Å². The van der Waals surface area contributed by atoms with Crippen LogP contribution in [0, 0.1) is 0 Å². The van der Waals surface area contributed by atoms with E-state index in [1.165, 1.54) is 12.8 Å². The lowest BCUT2D eigenvalue weighted by Gasteiger charge is -2.25. The van der Waals surface area contributed by atoms with E-state index in [1.807, 2.05) is 33.8 Å². The summed E-state index contributed by atoms with van der Waals surface area (Å²) in [5, 5.41) is 4.38. The van der Waals surface area contributed by atoms with Crippen molar-refractivity contribution in [3.05, 3.63) is 48.0 Å². The van der Waals surface area contributed by atoms with Crippen molar-refractivity contribution in [2.24, 2.45) is 0 Å². The van der Waals surface area contributed by atoms with Crippen LogP contribution in [0.2, 0.25) is 0 Å². The average Bonchev–Trinajstić information content (AvgIpc) is 3.34. The highest BCUT2D eigenvalue weighted by atomic mass is 16.5. The van der Waals surface area contributed by atoms with Crippen LogP contribution in [0.4, 0.5) is 0 Å². The molecule has 0 N–H and O–H groups in total. The minimum atomic E-state index is -0.136. The van der Waals surface area contributed by atoms with Crippen molar-refractivity contribution < 1.29 is 14.3 Å². The summed E-state index contributed by atoms with van der Waals surface area (Å²) < 4.78 is 13.8. The molecule has 2 aliphatic rings. The molecule has 7 heteroatoms. The highest BCUT2D eigenvalue weighted by Crippen LogP contribution is 2.21. The number of aromatic nitrogens is 3. The number of ether oxygens (including phenoxy) is 2. The monoisotopic (exact) mass is 370 g/mol. The molecule has 0 aromatic carbocycles. The summed E-state index contributed by atoms with van der Waals surface area (Å²) in [6.45, 7) is 2.26. The lowest BCUT2D eigenvalue weighted by atomic mass is 10.3. The predicted molar refractivity (Wildman–Crippen MR) is 98.7 cm³/mol. The minimum Gasteiger partial charge on any atom is -0.368 e. The molecule has 1 fully saturated rings. The lowest BCUT2D eigenvalue weighted by Crippen LogP contribution is -2.39. The van der Waals surface area contributed by atoms with E-state index >= 15 is 0 Å². The number of hydrogen-bond acceptors (Lipinski definition) is 5. The Morgan fingerprint density at radius 1 is 1.07 bits per heavy atom. The van der Waals surface area contributed by atoms with Gasteiger partial charge in [-0.15, -0.1) is 0 Å². The van der Waals surface area contributed by atoms with Crippen LogP contribution < -0.4 is 0 Å². The van der Waals surface area contributed by atoms with Crippen LogP contribution in [0.15, 0.2) is 36.7 Å². The van der Waals surface area contributed by atoms with Gasteiger partial charge in [-0.2, -0.15) is 5.10 Å². The molecule has 144 valence electrons. The fourth-order valence-corrected chi connectivity index (χ4v) is 3.73. The molecule has 1 atom stereocenters. The van der Waals surface area contributed by atoms with Crippen molar-refractivity contribution in [2.75, 3.05) is 13.2 Å². The van der Waals surface area contributed by atoms with Gasteiger partial charge < -0.3 is 14.4 Å². The second-order valence-corrected chi connectivity index (χ2v) is 7.25. The Hall–Kier alpha value is -2.25. The number of hydrogen-bond donors (Lipinski definition) is 0. The first-order chi connectivity index (χ1) is 13.3. The molecule has 1 saturated carbocycles. The number of nitrogens with zero attached hydrogens (tertiary/aromatic N) is 4. The second kappa shape index (κ2) is 8.63. The standard InChI is InChI=1S/C20H26N4O3/c25-20(15-27-18-6-1-2-7-18)23-11-17-8-10-22-24(17)13-19(12-23)26-14-16-5-3-4-9-21-16/h3-5,8-10,18-19H,1-2,6-7,11-15H2. The topological polar surface area (TPSA) is 69.5 Å². The maximum atomic E-state index is 12.8. The third-order valence-electron chi connectivity index (χ3n) is 5.25. The van der Waals surface area contributed by atoms with E-state index < -0.39 is 0 Å². The number of carbonyl (C=O) groups is 1. The Bertz CT molecular complexity index is 743. The Morgan fingerprint density at radius 3 is 2.78 bits per heavy atom. The SMILES string of the molecule is O=C(COC1CCCC1)N1Cc2ccnn2CC(OCc2ccccn2)C1. The zero-order valence-corrected chi connectivity index (χ0v) is 15.5. The van der Waals surface area contributed by atoms with Crippen LogP contribution in [-0.2, 0) is 34.0 Å². The Balaban J connectivity index is 1.39. The van der Waals surface area contributed by atoms with Crippen LogP contribution in [-0.4, -0.2) is 50.9 Å². The van der Waals surface area contributed by atoms with Gasteiger partial charge in [-0.05, 0) is 31.0 Å². The van der Waals surface area contributed by atoms with Gasteiger partial charge in [-0.25, -0.2) is 0 Å². The maximum absolute atomic E-state index is 12.8. The zero-order chi connectivity index (χ0) is 18.5.